The van der Waals surface area contributed by atoms with Gasteiger partial charge in [-0.1, -0.05) is 84.9 Å². The van der Waals surface area contributed by atoms with Crippen LogP contribution in [-0.2, 0) is 28.9 Å². The number of benzene rings is 4. The number of hydrogen-bond donors (Lipinski definition) is 3. The number of carbonyl (C=O) groups excluding carboxylic acids is 3. The summed E-state index contributed by atoms with van der Waals surface area (Å²) >= 11 is 0. The molecule has 10 heteroatoms. The molecule has 0 fully saturated rings. The molecular weight excluding hydrogens is 558 g/mol. The SMILES string of the molecule is CCOC(=O)c1noc([C@@H](Cc2ccccc2)NC(=O)[C@@H](Cc2ccc3ccccc3c2)NC(=O)c2cccc(CN)c2)n1. The highest BCUT2D eigenvalue weighted by atomic mass is 16.5. The Bertz CT molecular complexity index is 1750. The van der Waals surface area contributed by atoms with Crippen LogP contribution in [0.4, 0.5) is 0 Å². The van der Waals surface area contributed by atoms with E-state index in [1.54, 1.807) is 25.1 Å². The number of nitrogens with two attached hydrogens (primary N) is 1. The van der Waals surface area contributed by atoms with Gasteiger partial charge in [-0.3, -0.25) is 9.59 Å². The first-order valence-corrected chi connectivity index (χ1v) is 14.4. The molecular formula is C34H33N5O5. The first kappa shape index (κ1) is 30.1. The largest absolute Gasteiger partial charge is 0.460 e. The fourth-order valence-electron chi connectivity index (χ4n) is 4.87. The lowest BCUT2D eigenvalue weighted by molar-refractivity contribution is -0.123. The molecule has 2 amide bonds. The zero-order valence-electron chi connectivity index (χ0n) is 24.2. The zero-order chi connectivity index (χ0) is 30.9. The average Bonchev–Trinajstić information content (AvgIpc) is 3.55. The molecule has 1 aromatic heterocycles. The number of amides is 2. The van der Waals surface area contributed by atoms with Gasteiger partial charge in [0, 0.05) is 24.9 Å². The second-order valence-electron chi connectivity index (χ2n) is 10.2. The van der Waals surface area contributed by atoms with Crippen molar-refractivity contribution in [2.75, 3.05) is 6.61 Å². The number of carbonyl (C=O) groups is 3. The lowest BCUT2D eigenvalue weighted by atomic mass is 9.99. The maximum Gasteiger partial charge on any atom is 0.379 e. The first-order valence-electron chi connectivity index (χ1n) is 14.4. The van der Waals surface area contributed by atoms with Crippen LogP contribution < -0.4 is 16.4 Å². The molecule has 0 saturated carbocycles. The predicted octanol–water partition coefficient (Wildman–Crippen LogP) is 4.30. The molecule has 0 radical (unpaired) electrons. The molecule has 0 aliphatic carbocycles. The first-order chi connectivity index (χ1) is 21.4. The van der Waals surface area contributed by atoms with Gasteiger partial charge in [0.1, 0.15) is 12.1 Å². The number of fused-ring (bicyclic) bond motifs is 1. The van der Waals surface area contributed by atoms with Crippen LogP contribution in [0.25, 0.3) is 10.8 Å². The fourth-order valence-corrected chi connectivity index (χ4v) is 4.87. The lowest BCUT2D eigenvalue weighted by Crippen LogP contribution is -2.49. The number of aromatic nitrogens is 2. The minimum atomic E-state index is -0.962. The fraction of sp³-hybridized carbons (Fsp3) is 0.206. The van der Waals surface area contributed by atoms with E-state index in [4.69, 9.17) is 15.0 Å². The Balaban J connectivity index is 1.44. The summed E-state index contributed by atoms with van der Waals surface area (Å²) in [6.45, 7) is 2.10. The standard InChI is InChI=1S/C34H33N5O5/c1-2-43-34(42)30-38-33(44-39-30)29(19-22-9-4-3-5-10-22)37-32(41)28(36-31(40)27-14-8-11-24(18-27)21-35)20-23-15-16-25-12-6-7-13-26(25)17-23/h3-18,28-29H,2,19-21,35H2,1H3,(H,36,40)(H,37,41)/t28-,29-/m1/s1. The molecule has 0 aliphatic heterocycles. The molecule has 5 aromatic rings. The molecule has 224 valence electrons. The Morgan fingerprint density at radius 1 is 0.818 bits per heavy atom. The number of nitrogens with zero attached hydrogens (tertiary/aromatic N) is 2. The van der Waals surface area contributed by atoms with E-state index < -0.39 is 29.9 Å². The van der Waals surface area contributed by atoms with Crippen LogP contribution in [0.15, 0.2) is 102 Å². The molecule has 10 nitrogen and oxygen atoms in total. The highest BCUT2D eigenvalue weighted by molar-refractivity contribution is 5.98. The minimum absolute atomic E-state index is 0.0386. The molecule has 0 saturated heterocycles. The van der Waals surface area contributed by atoms with Crippen molar-refractivity contribution < 1.29 is 23.6 Å². The number of rotatable bonds is 12. The van der Waals surface area contributed by atoms with Crippen LogP contribution >= 0.6 is 0 Å². The van der Waals surface area contributed by atoms with Crippen molar-refractivity contribution >= 4 is 28.6 Å². The summed E-state index contributed by atoms with van der Waals surface area (Å²) in [5.74, 6) is -1.80. The Kier molecular flexibility index (Phi) is 9.73. The van der Waals surface area contributed by atoms with Gasteiger partial charge < -0.3 is 25.6 Å². The van der Waals surface area contributed by atoms with Gasteiger partial charge in [0.25, 0.3) is 11.7 Å². The molecule has 2 atom stereocenters. The predicted molar refractivity (Wildman–Crippen MR) is 165 cm³/mol. The highest BCUT2D eigenvalue weighted by Gasteiger charge is 2.29. The van der Waals surface area contributed by atoms with Crippen molar-refractivity contribution in [2.45, 2.75) is 38.4 Å². The topological polar surface area (TPSA) is 149 Å². The zero-order valence-corrected chi connectivity index (χ0v) is 24.2. The van der Waals surface area contributed by atoms with Gasteiger partial charge in [-0.2, -0.15) is 4.98 Å². The third-order valence-electron chi connectivity index (χ3n) is 7.10. The summed E-state index contributed by atoms with van der Waals surface area (Å²) in [5, 5.41) is 11.7. The van der Waals surface area contributed by atoms with E-state index in [-0.39, 0.29) is 31.3 Å². The van der Waals surface area contributed by atoms with Gasteiger partial charge >= 0.3 is 5.97 Å². The average molecular weight is 592 g/mol. The van der Waals surface area contributed by atoms with Crippen LogP contribution in [0.5, 0.6) is 0 Å². The molecule has 4 aromatic carbocycles. The van der Waals surface area contributed by atoms with Crippen molar-refractivity contribution in [3.05, 3.63) is 131 Å². The smallest absolute Gasteiger partial charge is 0.379 e. The summed E-state index contributed by atoms with van der Waals surface area (Å²) in [5.41, 5.74) is 8.72. The number of ether oxygens (including phenoxy) is 1. The maximum absolute atomic E-state index is 14.0. The lowest BCUT2D eigenvalue weighted by Gasteiger charge is -2.22. The number of esters is 1. The van der Waals surface area contributed by atoms with E-state index in [9.17, 15) is 14.4 Å². The minimum Gasteiger partial charge on any atom is -0.460 e. The second kappa shape index (κ2) is 14.2. The van der Waals surface area contributed by atoms with Gasteiger partial charge in [-0.25, -0.2) is 4.79 Å². The third kappa shape index (κ3) is 7.53. The normalized spacial score (nSPS) is 12.3. The van der Waals surface area contributed by atoms with Gasteiger partial charge in [-0.15, -0.1) is 0 Å². The van der Waals surface area contributed by atoms with Crippen molar-refractivity contribution in [3.63, 3.8) is 0 Å². The molecule has 5 rings (SSSR count). The third-order valence-corrected chi connectivity index (χ3v) is 7.10. The summed E-state index contributed by atoms with van der Waals surface area (Å²) in [6, 6.07) is 28.5. The number of nitrogens with one attached hydrogen (secondary N) is 2. The van der Waals surface area contributed by atoms with Gasteiger partial charge in [0.05, 0.1) is 6.61 Å². The molecule has 0 spiro atoms. The summed E-state index contributed by atoms with van der Waals surface area (Å²) in [4.78, 5) is 43.8. The molecule has 44 heavy (non-hydrogen) atoms. The number of hydrogen-bond acceptors (Lipinski definition) is 8. The van der Waals surface area contributed by atoms with Gasteiger partial charge in [-0.05, 0) is 51.7 Å². The van der Waals surface area contributed by atoms with E-state index in [0.717, 1.165) is 27.5 Å². The summed E-state index contributed by atoms with van der Waals surface area (Å²) in [7, 11) is 0. The molecule has 0 unspecified atom stereocenters. The van der Waals surface area contributed by atoms with Crippen molar-refractivity contribution in [3.8, 4) is 0 Å². The van der Waals surface area contributed by atoms with Crippen LogP contribution in [-0.4, -0.2) is 40.6 Å². The van der Waals surface area contributed by atoms with Crippen LogP contribution in [0.2, 0.25) is 0 Å². The second-order valence-corrected chi connectivity index (χ2v) is 10.2. The molecule has 0 bridgehead atoms. The monoisotopic (exact) mass is 591 g/mol. The van der Waals surface area contributed by atoms with E-state index in [0.29, 0.717) is 12.0 Å². The highest BCUT2D eigenvalue weighted by Crippen LogP contribution is 2.20. The van der Waals surface area contributed by atoms with Gasteiger partial charge in [0.15, 0.2) is 0 Å². The Morgan fingerprint density at radius 3 is 2.34 bits per heavy atom. The van der Waals surface area contributed by atoms with E-state index in [2.05, 4.69) is 20.8 Å². The van der Waals surface area contributed by atoms with Crippen LogP contribution in [0.3, 0.4) is 0 Å². The van der Waals surface area contributed by atoms with E-state index >= 15 is 0 Å². The summed E-state index contributed by atoms with van der Waals surface area (Å²) < 4.78 is 10.4. The quantitative estimate of drug-likeness (QED) is 0.182. The van der Waals surface area contributed by atoms with Crippen LogP contribution in [0.1, 0.15) is 56.5 Å². The summed E-state index contributed by atoms with van der Waals surface area (Å²) in [6.07, 6.45) is 0.515. The Labute approximate surface area is 254 Å². The maximum atomic E-state index is 14.0. The van der Waals surface area contributed by atoms with E-state index in [1.807, 2.05) is 78.9 Å². The molecule has 0 aliphatic rings. The van der Waals surface area contributed by atoms with Crippen molar-refractivity contribution in [1.29, 1.82) is 0 Å². The van der Waals surface area contributed by atoms with Crippen molar-refractivity contribution in [2.24, 2.45) is 5.73 Å². The molecule has 4 N–H and O–H groups in total. The van der Waals surface area contributed by atoms with E-state index in [1.165, 1.54) is 0 Å². The van der Waals surface area contributed by atoms with Crippen LogP contribution in [0, 0.1) is 0 Å². The Hall–Kier alpha value is -5.35. The molecule has 1 heterocycles. The Morgan fingerprint density at radius 2 is 1.57 bits per heavy atom. The van der Waals surface area contributed by atoms with Gasteiger partial charge in [0.2, 0.25) is 11.8 Å². The van der Waals surface area contributed by atoms with Crippen molar-refractivity contribution in [1.82, 2.24) is 20.8 Å².